The molecule has 0 saturated heterocycles. The summed E-state index contributed by atoms with van der Waals surface area (Å²) in [4.78, 5) is 34.5. The minimum absolute atomic E-state index is 0.295. The molecule has 0 aliphatic carbocycles. The van der Waals surface area contributed by atoms with E-state index in [-0.39, 0.29) is 0 Å². The average molecular weight is 374 g/mol. The number of urea groups is 1. The number of nitrogens with one attached hydrogen (secondary N) is 2. The fourth-order valence-corrected chi connectivity index (χ4v) is 2.34. The van der Waals surface area contributed by atoms with Gasteiger partial charge in [0.05, 0.1) is 0 Å². The molecule has 0 heterocycles. The molecule has 0 bridgehead atoms. The highest BCUT2D eigenvalue weighted by Crippen LogP contribution is 2.09. The summed E-state index contributed by atoms with van der Waals surface area (Å²) in [7, 11) is 0. The van der Waals surface area contributed by atoms with E-state index in [0.717, 1.165) is 5.56 Å². The van der Waals surface area contributed by atoms with Gasteiger partial charge in [0.25, 0.3) is 5.91 Å². The van der Waals surface area contributed by atoms with Crippen LogP contribution in [-0.2, 0) is 20.9 Å². The van der Waals surface area contributed by atoms with E-state index in [4.69, 9.17) is 22.1 Å². The summed E-state index contributed by atoms with van der Waals surface area (Å²) in [6, 6.07) is 5.32. The molecule has 1 aromatic rings. The Morgan fingerprint density at radius 2 is 1.96 bits per heavy atom. The molecule has 0 spiro atoms. The molecule has 9 heteroatoms. The summed E-state index contributed by atoms with van der Waals surface area (Å²) in [5.74, 6) is -0.492. The lowest BCUT2D eigenvalue weighted by molar-refractivity contribution is -0.150. The van der Waals surface area contributed by atoms with Gasteiger partial charge < -0.3 is 21.1 Å². The minimum Gasteiger partial charge on any atom is -0.454 e. The number of hydrogen-bond donors (Lipinski definition) is 3. The molecule has 0 aliphatic rings. The molecule has 0 aliphatic heterocycles. The number of benzene rings is 1. The lowest BCUT2D eigenvalue weighted by Crippen LogP contribution is -2.45. The zero-order valence-electron chi connectivity index (χ0n) is 13.2. The smallest absolute Gasteiger partial charge is 0.329 e. The van der Waals surface area contributed by atoms with Crippen molar-refractivity contribution in [3.05, 3.63) is 34.9 Å². The number of ether oxygens (including phenoxy) is 1. The highest BCUT2D eigenvalue weighted by molar-refractivity contribution is 7.98. The molecule has 1 aromatic carbocycles. The number of carbonyl (C=O) groups is 3. The van der Waals surface area contributed by atoms with E-state index >= 15 is 0 Å². The second-order valence-corrected chi connectivity index (χ2v) is 6.28. The molecule has 1 rings (SSSR count). The van der Waals surface area contributed by atoms with Crippen LogP contribution in [0.1, 0.15) is 12.0 Å². The topological polar surface area (TPSA) is 111 Å². The van der Waals surface area contributed by atoms with Gasteiger partial charge in [-0.3, -0.25) is 4.79 Å². The Bertz CT molecular complexity index is 568. The third-order valence-electron chi connectivity index (χ3n) is 2.96. The van der Waals surface area contributed by atoms with Crippen molar-refractivity contribution in [2.45, 2.75) is 19.0 Å². The van der Waals surface area contributed by atoms with Crippen LogP contribution in [0, 0.1) is 0 Å². The number of halogens is 1. The van der Waals surface area contributed by atoms with Gasteiger partial charge in [-0.15, -0.1) is 0 Å². The molecule has 0 unspecified atom stereocenters. The number of carbonyl (C=O) groups excluding carboxylic acids is 3. The zero-order valence-corrected chi connectivity index (χ0v) is 14.8. The fraction of sp³-hybridized carbons (Fsp3) is 0.400. The van der Waals surface area contributed by atoms with Crippen molar-refractivity contribution < 1.29 is 19.1 Å². The molecular weight excluding hydrogens is 354 g/mol. The normalized spacial score (nSPS) is 11.4. The van der Waals surface area contributed by atoms with Crippen LogP contribution in [0.2, 0.25) is 5.02 Å². The number of hydrogen-bond acceptors (Lipinski definition) is 5. The number of thioether (sulfide) groups is 1. The number of primary amides is 1. The minimum atomic E-state index is -0.862. The van der Waals surface area contributed by atoms with Crippen molar-refractivity contribution in [3.8, 4) is 0 Å². The monoisotopic (exact) mass is 373 g/mol. The van der Waals surface area contributed by atoms with Gasteiger partial charge in [0.15, 0.2) is 6.61 Å². The van der Waals surface area contributed by atoms with Crippen molar-refractivity contribution in [1.82, 2.24) is 10.6 Å². The first-order valence-electron chi connectivity index (χ1n) is 7.15. The Labute approximate surface area is 149 Å². The molecule has 0 fully saturated rings. The van der Waals surface area contributed by atoms with Crippen LogP contribution in [0.25, 0.3) is 0 Å². The molecule has 0 saturated carbocycles. The van der Waals surface area contributed by atoms with Crippen LogP contribution >= 0.6 is 23.4 Å². The highest BCUT2D eigenvalue weighted by atomic mass is 35.5. The third-order valence-corrected chi connectivity index (χ3v) is 3.86. The van der Waals surface area contributed by atoms with Crippen molar-refractivity contribution >= 4 is 41.3 Å². The summed E-state index contributed by atoms with van der Waals surface area (Å²) >= 11 is 7.29. The van der Waals surface area contributed by atoms with Crippen LogP contribution in [0.4, 0.5) is 4.79 Å². The second-order valence-electron chi connectivity index (χ2n) is 4.85. The lowest BCUT2D eigenvalue weighted by atomic mass is 10.2. The Kier molecular flexibility index (Phi) is 9.03. The summed E-state index contributed by atoms with van der Waals surface area (Å²) in [6.07, 6.45) is 2.24. The molecule has 3 amide bonds. The predicted octanol–water partition coefficient (Wildman–Crippen LogP) is 1.29. The first kappa shape index (κ1) is 20.1. The Morgan fingerprint density at radius 3 is 2.54 bits per heavy atom. The molecule has 24 heavy (non-hydrogen) atoms. The van der Waals surface area contributed by atoms with Crippen molar-refractivity contribution in [1.29, 1.82) is 0 Å². The standard InChI is InChI=1S/C15H20ClN3O4S/c1-24-7-6-12(19-15(17)22)14(21)23-9-13(20)18-8-10-2-4-11(16)5-3-10/h2-5,12H,6-9H2,1H3,(H,18,20)(H3,17,19,22)/t12-/m0/s1. The van der Waals surface area contributed by atoms with E-state index in [0.29, 0.717) is 23.7 Å². The Morgan fingerprint density at radius 1 is 1.29 bits per heavy atom. The zero-order chi connectivity index (χ0) is 17.9. The maximum Gasteiger partial charge on any atom is 0.329 e. The lowest BCUT2D eigenvalue weighted by Gasteiger charge is -2.15. The second kappa shape index (κ2) is 10.8. The van der Waals surface area contributed by atoms with E-state index in [1.807, 2.05) is 6.26 Å². The molecule has 0 radical (unpaired) electrons. The average Bonchev–Trinajstić information content (AvgIpc) is 2.55. The van der Waals surface area contributed by atoms with Crippen molar-refractivity contribution in [2.24, 2.45) is 5.73 Å². The van der Waals surface area contributed by atoms with Gasteiger partial charge in [0.2, 0.25) is 0 Å². The molecule has 4 N–H and O–H groups in total. The van der Waals surface area contributed by atoms with Crippen LogP contribution in [0.3, 0.4) is 0 Å². The first-order valence-corrected chi connectivity index (χ1v) is 8.92. The summed E-state index contributed by atoms with van der Waals surface area (Å²) in [6.45, 7) is -0.133. The SMILES string of the molecule is CSCC[C@H](NC(N)=O)C(=O)OCC(=O)NCc1ccc(Cl)cc1. The van der Waals surface area contributed by atoms with Crippen molar-refractivity contribution in [2.75, 3.05) is 18.6 Å². The molecule has 132 valence electrons. The quantitative estimate of drug-likeness (QED) is 0.565. The van der Waals surface area contributed by atoms with E-state index in [2.05, 4.69) is 10.6 Å². The predicted molar refractivity (Wildman–Crippen MR) is 93.8 cm³/mol. The van der Waals surface area contributed by atoms with Gasteiger partial charge in [0.1, 0.15) is 6.04 Å². The molecule has 1 atom stereocenters. The van der Waals surface area contributed by atoms with Crippen LogP contribution in [0.15, 0.2) is 24.3 Å². The van der Waals surface area contributed by atoms with Gasteiger partial charge >= 0.3 is 12.0 Å². The van der Waals surface area contributed by atoms with Gasteiger partial charge in [-0.25, -0.2) is 9.59 Å². The number of rotatable bonds is 9. The molecule has 7 nitrogen and oxygen atoms in total. The number of esters is 1. The Balaban J connectivity index is 2.38. The maximum atomic E-state index is 11.9. The number of nitrogens with two attached hydrogens (primary N) is 1. The van der Waals surface area contributed by atoms with Crippen LogP contribution in [-0.4, -0.2) is 42.6 Å². The largest absolute Gasteiger partial charge is 0.454 e. The summed E-state index contributed by atoms with van der Waals surface area (Å²) in [5, 5.41) is 5.54. The van der Waals surface area contributed by atoms with E-state index in [1.165, 1.54) is 11.8 Å². The van der Waals surface area contributed by atoms with Crippen molar-refractivity contribution in [3.63, 3.8) is 0 Å². The van der Waals surface area contributed by atoms with Gasteiger partial charge in [-0.05, 0) is 36.1 Å². The van der Waals surface area contributed by atoms with Gasteiger partial charge in [0, 0.05) is 11.6 Å². The molecular formula is C15H20ClN3O4S. The first-order chi connectivity index (χ1) is 11.4. The highest BCUT2D eigenvalue weighted by Gasteiger charge is 2.21. The summed E-state index contributed by atoms with van der Waals surface area (Å²) < 4.78 is 4.92. The van der Waals surface area contributed by atoms with Crippen LogP contribution in [0.5, 0.6) is 0 Å². The van der Waals surface area contributed by atoms with E-state index < -0.39 is 30.6 Å². The van der Waals surface area contributed by atoms with E-state index in [1.54, 1.807) is 24.3 Å². The van der Waals surface area contributed by atoms with Crippen LogP contribution < -0.4 is 16.4 Å². The number of amides is 3. The van der Waals surface area contributed by atoms with E-state index in [9.17, 15) is 14.4 Å². The summed E-state index contributed by atoms with van der Waals surface area (Å²) in [5.41, 5.74) is 5.90. The van der Waals surface area contributed by atoms with Gasteiger partial charge in [-0.2, -0.15) is 11.8 Å². The maximum absolute atomic E-state index is 11.9. The fourth-order valence-electron chi connectivity index (χ4n) is 1.75. The molecule has 0 aromatic heterocycles. The third kappa shape index (κ3) is 8.07. The Hall–Kier alpha value is -1.93. The van der Waals surface area contributed by atoms with Gasteiger partial charge in [-0.1, -0.05) is 23.7 Å².